The number of ether oxygens (including phenoxy) is 2. The van der Waals surface area contributed by atoms with Gasteiger partial charge < -0.3 is 9.47 Å². The third-order valence-electron chi connectivity index (χ3n) is 3.47. The molecule has 0 fully saturated rings. The Bertz CT molecular complexity index is 649. The number of cyclic esters (lactones) is 1. The molecule has 0 saturated heterocycles. The van der Waals surface area contributed by atoms with Crippen molar-refractivity contribution in [2.24, 2.45) is 10.4 Å². The highest BCUT2D eigenvalue weighted by Gasteiger charge is 2.31. The third-order valence-corrected chi connectivity index (χ3v) is 3.47. The Morgan fingerprint density at radius 1 is 1.27 bits per heavy atom. The molecule has 1 aromatic rings. The van der Waals surface area contributed by atoms with Crippen LogP contribution in [0.15, 0.2) is 28.9 Å². The normalized spacial score (nSPS) is 17.0. The lowest BCUT2D eigenvalue weighted by molar-refractivity contribution is -0.130. The molecule has 0 unspecified atom stereocenters. The average Bonchev–Trinajstić information content (AvgIpc) is 2.80. The van der Waals surface area contributed by atoms with Gasteiger partial charge in [-0.05, 0) is 29.7 Å². The van der Waals surface area contributed by atoms with Crippen LogP contribution in [0.4, 0.5) is 0 Å². The Balaban J connectivity index is 2.46. The maximum absolute atomic E-state index is 12.0. The van der Waals surface area contributed by atoms with Crippen molar-refractivity contribution in [1.82, 2.24) is 0 Å². The zero-order valence-corrected chi connectivity index (χ0v) is 14.1. The second kappa shape index (κ2) is 5.95. The topological polar surface area (TPSA) is 47.9 Å². The maximum atomic E-state index is 12.0. The van der Waals surface area contributed by atoms with Crippen molar-refractivity contribution in [2.45, 2.75) is 40.5 Å². The molecule has 0 radical (unpaired) electrons. The van der Waals surface area contributed by atoms with Crippen molar-refractivity contribution in [1.29, 1.82) is 0 Å². The minimum Gasteiger partial charge on any atom is -0.496 e. The summed E-state index contributed by atoms with van der Waals surface area (Å²) in [5.41, 5.74) is 2.03. The molecule has 0 atom stereocenters. The number of carbonyl (C=O) groups is 1. The zero-order chi connectivity index (χ0) is 16.5. The summed E-state index contributed by atoms with van der Waals surface area (Å²) in [5.74, 6) is 1.14. The lowest BCUT2D eigenvalue weighted by Crippen LogP contribution is -2.21. The molecule has 0 saturated carbocycles. The van der Waals surface area contributed by atoms with Crippen LogP contribution in [-0.4, -0.2) is 19.0 Å². The molecule has 0 aliphatic carbocycles. The van der Waals surface area contributed by atoms with Crippen LogP contribution in [0.5, 0.6) is 5.75 Å². The minimum absolute atomic E-state index is 0.297. The van der Waals surface area contributed by atoms with Gasteiger partial charge in [0.2, 0.25) is 5.90 Å². The van der Waals surface area contributed by atoms with Gasteiger partial charge in [0, 0.05) is 11.0 Å². The zero-order valence-electron chi connectivity index (χ0n) is 14.1. The molecule has 4 heteroatoms. The van der Waals surface area contributed by atoms with Crippen molar-refractivity contribution in [2.75, 3.05) is 7.11 Å². The van der Waals surface area contributed by atoms with Crippen LogP contribution >= 0.6 is 0 Å². The van der Waals surface area contributed by atoms with E-state index in [1.807, 2.05) is 39.0 Å². The highest BCUT2D eigenvalue weighted by molar-refractivity contribution is 6.08. The molecule has 0 bridgehead atoms. The van der Waals surface area contributed by atoms with E-state index in [0.29, 0.717) is 23.3 Å². The second-order valence-corrected chi connectivity index (χ2v) is 6.74. The van der Waals surface area contributed by atoms with E-state index in [0.717, 1.165) is 5.56 Å². The van der Waals surface area contributed by atoms with Crippen LogP contribution in [0, 0.1) is 5.41 Å². The Morgan fingerprint density at radius 2 is 1.95 bits per heavy atom. The van der Waals surface area contributed by atoms with Crippen LogP contribution in [-0.2, 0) is 9.53 Å². The molecule has 22 heavy (non-hydrogen) atoms. The first-order valence-corrected chi connectivity index (χ1v) is 7.43. The highest BCUT2D eigenvalue weighted by Crippen LogP contribution is 2.29. The standard InChI is InChI=1S/C18H23NO3/c1-11(2)12-7-8-15(21-6)13(9-12)10-14-16(20)22-17(19-14)18(3,4)5/h7-11H,1-6H3/b14-10-. The van der Waals surface area contributed by atoms with Gasteiger partial charge in [0.15, 0.2) is 5.70 Å². The lowest BCUT2D eigenvalue weighted by Gasteiger charge is -2.15. The van der Waals surface area contributed by atoms with Gasteiger partial charge in [-0.15, -0.1) is 0 Å². The summed E-state index contributed by atoms with van der Waals surface area (Å²) in [7, 11) is 1.61. The van der Waals surface area contributed by atoms with Crippen LogP contribution in [0.25, 0.3) is 6.08 Å². The summed E-state index contributed by atoms with van der Waals surface area (Å²) in [6.45, 7) is 10.1. The summed E-state index contributed by atoms with van der Waals surface area (Å²) in [5, 5.41) is 0. The largest absolute Gasteiger partial charge is 0.496 e. The predicted octanol–water partition coefficient (Wildman–Crippen LogP) is 4.16. The molecule has 118 valence electrons. The molecule has 1 aromatic carbocycles. The number of carbonyl (C=O) groups excluding carboxylic acids is 1. The molecular formula is C18H23NO3. The van der Waals surface area contributed by atoms with E-state index in [9.17, 15) is 4.79 Å². The molecular weight excluding hydrogens is 278 g/mol. The molecule has 2 rings (SSSR count). The number of hydrogen-bond acceptors (Lipinski definition) is 4. The molecule has 0 aromatic heterocycles. The Morgan fingerprint density at radius 3 is 2.45 bits per heavy atom. The van der Waals surface area contributed by atoms with Gasteiger partial charge in [-0.1, -0.05) is 40.7 Å². The summed E-state index contributed by atoms with van der Waals surface area (Å²) in [6.07, 6.45) is 1.73. The van der Waals surface area contributed by atoms with Crippen LogP contribution in [0.2, 0.25) is 0 Å². The van der Waals surface area contributed by atoms with E-state index in [-0.39, 0.29) is 5.41 Å². The van der Waals surface area contributed by atoms with Crippen molar-refractivity contribution in [3.8, 4) is 5.75 Å². The van der Waals surface area contributed by atoms with E-state index in [1.165, 1.54) is 5.56 Å². The summed E-state index contributed by atoms with van der Waals surface area (Å²) < 4.78 is 10.6. The smallest absolute Gasteiger partial charge is 0.363 e. The van der Waals surface area contributed by atoms with Gasteiger partial charge >= 0.3 is 5.97 Å². The Kier molecular flexibility index (Phi) is 4.40. The van der Waals surface area contributed by atoms with Crippen molar-refractivity contribution in [3.05, 3.63) is 35.0 Å². The van der Waals surface area contributed by atoms with E-state index in [2.05, 4.69) is 18.8 Å². The van der Waals surface area contributed by atoms with Gasteiger partial charge in [-0.3, -0.25) is 0 Å². The van der Waals surface area contributed by atoms with Crippen LogP contribution in [0.1, 0.15) is 51.7 Å². The first-order valence-electron chi connectivity index (χ1n) is 7.43. The molecule has 1 heterocycles. The monoisotopic (exact) mass is 301 g/mol. The molecule has 0 N–H and O–H groups in total. The second-order valence-electron chi connectivity index (χ2n) is 6.74. The van der Waals surface area contributed by atoms with Crippen molar-refractivity contribution in [3.63, 3.8) is 0 Å². The molecule has 1 aliphatic rings. The van der Waals surface area contributed by atoms with Gasteiger partial charge in [0.25, 0.3) is 0 Å². The quantitative estimate of drug-likeness (QED) is 0.622. The Hall–Kier alpha value is -2.10. The van der Waals surface area contributed by atoms with Crippen LogP contribution < -0.4 is 4.74 Å². The summed E-state index contributed by atoms with van der Waals surface area (Å²) in [4.78, 5) is 16.3. The fourth-order valence-corrected chi connectivity index (χ4v) is 2.10. The first-order chi connectivity index (χ1) is 10.2. The summed E-state index contributed by atoms with van der Waals surface area (Å²) in [6, 6.07) is 5.97. The SMILES string of the molecule is COc1ccc(C(C)C)cc1/C=C1\N=C(C(C)(C)C)OC1=O. The van der Waals surface area contributed by atoms with E-state index in [1.54, 1.807) is 13.2 Å². The van der Waals surface area contributed by atoms with Gasteiger partial charge in [0.1, 0.15) is 5.75 Å². The van der Waals surface area contributed by atoms with Gasteiger partial charge in [-0.2, -0.15) is 0 Å². The van der Waals surface area contributed by atoms with Crippen molar-refractivity contribution >= 4 is 17.9 Å². The number of methoxy groups -OCH3 is 1. The number of aliphatic imine (C=N–C) groups is 1. The van der Waals surface area contributed by atoms with Gasteiger partial charge in [-0.25, -0.2) is 9.79 Å². The van der Waals surface area contributed by atoms with E-state index < -0.39 is 5.97 Å². The molecule has 0 amide bonds. The third kappa shape index (κ3) is 3.38. The molecule has 0 spiro atoms. The predicted molar refractivity (Wildman–Crippen MR) is 88.0 cm³/mol. The number of nitrogens with zero attached hydrogens (tertiary/aromatic N) is 1. The number of rotatable bonds is 3. The molecule has 1 aliphatic heterocycles. The summed E-state index contributed by atoms with van der Waals surface area (Å²) >= 11 is 0. The minimum atomic E-state index is -0.415. The number of esters is 1. The van der Waals surface area contributed by atoms with E-state index >= 15 is 0 Å². The Labute approximate surface area is 131 Å². The first kappa shape index (κ1) is 16.3. The van der Waals surface area contributed by atoms with E-state index in [4.69, 9.17) is 9.47 Å². The fraction of sp³-hybridized carbons (Fsp3) is 0.444. The van der Waals surface area contributed by atoms with Gasteiger partial charge in [0.05, 0.1) is 7.11 Å². The maximum Gasteiger partial charge on any atom is 0.363 e. The highest BCUT2D eigenvalue weighted by atomic mass is 16.6. The van der Waals surface area contributed by atoms with Crippen molar-refractivity contribution < 1.29 is 14.3 Å². The number of benzene rings is 1. The number of hydrogen-bond donors (Lipinski definition) is 0. The average molecular weight is 301 g/mol. The lowest BCUT2D eigenvalue weighted by atomic mass is 9.97. The van der Waals surface area contributed by atoms with Crippen LogP contribution in [0.3, 0.4) is 0 Å². The molecule has 4 nitrogen and oxygen atoms in total. The fourth-order valence-electron chi connectivity index (χ4n) is 2.10.